The van der Waals surface area contributed by atoms with Gasteiger partial charge in [0.1, 0.15) is 12.3 Å². The minimum Gasteiger partial charge on any atom is -0.495 e. The van der Waals surface area contributed by atoms with E-state index in [9.17, 15) is 9.59 Å². The highest BCUT2D eigenvalue weighted by atomic mass is 16.5. The second kappa shape index (κ2) is 7.86. The van der Waals surface area contributed by atoms with Gasteiger partial charge in [0.05, 0.1) is 18.3 Å². The van der Waals surface area contributed by atoms with Crippen molar-refractivity contribution in [1.82, 2.24) is 14.8 Å². The summed E-state index contributed by atoms with van der Waals surface area (Å²) in [5.74, 6) is 0.328. The van der Waals surface area contributed by atoms with Crippen molar-refractivity contribution in [3.8, 4) is 17.2 Å². The molecule has 0 saturated heterocycles. The fraction of sp³-hybridized carbons (Fsp3) is 0.238. The average Bonchev–Trinajstić information content (AvgIpc) is 3.33. The minimum absolute atomic E-state index is 0.205. The van der Waals surface area contributed by atoms with E-state index >= 15 is 0 Å². The third kappa shape index (κ3) is 3.69. The van der Waals surface area contributed by atoms with E-state index in [1.807, 2.05) is 19.9 Å². The number of hydrogen-bond donors (Lipinski definition) is 1. The summed E-state index contributed by atoms with van der Waals surface area (Å²) in [5.41, 5.74) is 3.01. The van der Waals surface area contributed by atoms with E-state index in [0.717, 1.165) is 5.56 Å². The van der Waals surface area contributed by atoms with Crippen molar-refractivity contribution in [3.05, 3.63) is 58.4 Å². The first-order valence-corrected chi connectivity index (χ1v) is 9.39. The average molecular weight is 408 g/mol. The first kappa shape index (κ1) is 19.4. The smallest absolute Gasteiger partial charge is 0.420 e. The molecular formula is C21H20N4O5. The van der Waals surface area contributed by atoms with E-state index in [1.54, 1.807) is 30.3 Å². The molecule has 4 rings (SSSR count). The van der Waals surface area contributed by atoms with Crippen LogP contribution in [0.5, 0.6) is 5.75 Å². The van der Waals surface area contributed by atoms with Crippen LogP contribution in [-0.4, -0.2) is 27.8 Å². The normalized spacial score (nSPS) is 11.0. The Hall–Kier alpha value is -3.88. The number of nitrogens with zero attached hydrogens (tertiary/aromatic N) is 3. The van der Waals surface area contributed by atoms with Crippen LogP contribution in [-0.2, 0) is 17.8 Å². The standard InChI is InChI=1S/C21H20N4O5/c1-4-19-23-24-20(30-19)13-6-8-16(28-3)14(10-13)22-18(26)11-25-15-9-12(2)5-7-17(15)29-21(25)27/h5-10H,4,11H2,1-3H3,(H,22,26). The van der Waals surface area contributed by atoms with E-state index in [2.05, 4.69) is 15.5 Å². The SMILES string of the molecule is CCc1nnc(-c2ccc(OC)c(NC(=O)Cn3c(=O)oc4ccc(C)cc43)c2)o1. The van der Waals surface area contributed by atoms with Crippen molar-refractivity contribution >= 4 is 22.7 Å². The molecule has 0 saturated carbocycles. The summed E-state index contributed by atoms with van der Waals surface area (Å²) in [6, 6.07) is 10.5. The van der Waals surface area contributed by atoms with Crippen molar-refractivity contribution in [3.63, 3.8) is 0 Å². The number of amides is 1. The number of aromatic nitrogens is 3. The first-order valence-electron chi connectivity index (χ1n) is 9.39. The zero-order chi connectivity index (χ0) is 21.3. The van der Waals surface area contributed by atoms with Crippen LogP contribution in [0.25, 0.3) is 22.6 Å². The summed E-state index contributed by atoms with van der Waals surface area (Å²) in [5, 5.41) is 10.8. The van der Waals surface area contributed by atoms with Gasteiger partial charge >= 0.3 is 5.76 Å². The third-order valence-corrected chi connectivity index (χ3v) is 4.61. The second-order valence-electron chi connectivity index (χ2n) is 6.74. The van der Waals surface area contributed by atoms with Crippen molar-refractivity contribution in [1.29, 1.82) is 0 Å². The monoisotopic (exact) mass is 408 g/mol. The number of rotatable bonds is 6. The van der Waals surface area contributed by atoms with Gasteiger partial charge in [0, 0.05) is 12.0 Å². The van der Waals surface area contributed by atoms with Crippen LogP contribution in [0.3, 0.4) is 0 Å². The first-order chi connectivity index (χ1) is 14.5. The van der Waals surface area contributed by atoms with Gasteiger partial charge in [-0.25, -0.2) is 4.79 Å². The molecule has 0 radical (unpaired) electrons. The molecule has 1 amide bonds. The van der Waals surface area contributed by atoms with E-state index in [0.29, 0.717) is 46.3 Å². The summed E-state index contributed by atoms with van der Waals surface area (Å²) in [7, 11) is 1.50. The number of aryl methyl sites for hydroxylation is 2. The summed E-state index contributed by atoms with van der Waals surface area (Å²) in [6.07, 6.45) is 0.625. The fourth-order valence-electron chi connectivity index (χ4n) is 3.11. The maximum atomic E-state index is 12.7. The molecule has 2 aromatic carbocycles. The number of benzene rings is 2. The van der Waals surface area contributed by atoms with Gasteiger partial charge in [0.15, 0.2) is 5.58 Å². The summed E-state index contributed by atoms with van der Waals surface area (Å²) in [4.78, 5) is 24.9. The highest BCUT2D eigenvalue weighted by Crippen LogP contribution is 2.30. The zero-order valence-corrected chi connectivity index (χ0v) is 16.8. The Morgan fingerprint density at radius 3 is 2.73 bits per heavy atom. The highest BCUT2D eigenvalue weighted by molar-refractivity contribution is 5.93. The maximum Gasteiger partial charge on any atom is 0.420 e. The molecule has 30 heavy (non-hydrogen) atoms. The van der Waals surface area contributed by atoms with Crippen LogP contribution >= 0.6 is 0 Å². The van der Waals surface area contributed by atoms with E-state index in [1.165, 1.54) is 11.7 Å². The zero-order valence-electron chi connectivity index (χ0n) is 16.8. The lowest BCUT2D eigenvalue weighted by Gasteiger charge is -2.11. The third-order valence-electron chi connectivity index (χ3n) is 4.61. The Morgan fingerprint density at radius 1 is 1.17 bits per heavy atom. The predicted octanol–water partition coefficient (Wildman–Crippen LogP) is 3.16. The number of hydrogen-bond acceptors (Lipinski definition) is 7. The van der Waals surface area contributed by atoms with Crippen LogP contribution < -0.4 is 15.8 Å². The Balaban J connectivity index is 1.61. The van der Waals surface area contributed by atoms with Gasteiger partial charge in [-0.2, -0.15) is 0 Å². The lowest BCUT2D eigenvalue weighted by atomic mass is 10.2. The van der Waals surface area contributed by atoms with Crippen LogP contribution in [0.2, 0.25) is 0 Å². The highest BCUT2D eigenvalue weighted by Gasteiger charge is 2.16. The number of ether oxygens (including phenoxy) is 1. The van der Waals surface area contributed by atoms with E-state index < -0.39 is 11.7 Å². The molecular weight excluding hydrogens is 388 g/mol. The van der Waals surface area contributed by atoms with Gasteiger partial charge in [0.2, 0.25) is 17.7 Å². The number of methoxy groups -OCH3 is 1. The van der Waals surface area contributed by atoms with Crippen molar-refractivity contribution in [2.24, 2.45) is 0 Å². The van der Waals surface area contributed by atoms with Crippen LogP contribution in [0.1, 0.15) is 18.4 Å². The molecule has 0 aliphatic heterocycles. The number of carbonyl (C=O) groups is 1. The van der Waals surface area contributed by atoms with Crippen molar-refractivity contribution in [2.45, 2.75) is 26.8 Å². The molecule has 0 spiro atoms. The van der Waals surface area contributed by atoms with Gasteiger partial charge in [0.25, 0.3) is 0 Å². The summed E-state index contributed by atoms with van der Waals surface area (Å²) >= 11 is 0. The van der Waals surface area contributed by atoms with Crippen LogP contribution in [0.15, 0.2) is 50.0 Å². The number of nitrogens with one attached hydrogen (secondary N) is 1. The van der Waals surface area contributed by atoms with Crippen LogP contribution in [0.4, 0.5) is 5.69 Å². The molecule has 0 bridgehead atoms. The van der Waals surface area contributed by atoms with Gasteiger partial charge < -0.3 is 18.9 Å². The second-order valence-corrected chi connectivity index (χ2v) is 6.74. The maximum absolute atomic E-state index is 12.7. The number of anilines is 1. The lowest BCUT2D eigenvalue weighted by molar-refractivity contribution is -0.116. The topological polar surface area (TPSA) is 112 Å². The molecule has 9 heteroatoms. The van der Waals surface area contributed by atoms with Crippen LogP contribution in [0, 0.1) is 6.92 Å². The number of fused-ring (bicyclic) bond motifs is 1. The van der Waals surface area contributed by atoms with Gasteiger partial charge in [-0.3, -0.25) is 9.36 Å². The van der Waals surface area contributed by atoms with Gasteiger partial charge in [-0.15, -0.1) is 10.2 Å². The van der Waals surface area contributed by atoms with Gasteiger partial charge in [-0.1, -0.05) is 13.0 Å². The fourth-order valence-corrected chi connectivity index (χ4v) is 3.11. The molecule has 0 unspecified atom stereocenters. The summed E-state index contributed by atoms with van der Waals surface area (Å²) < 4.78 is 17.4. The molecule has 0 aliphatic carbocycles. The van der Waals surface area contributed by atoms with Gasteiger partial charge in [-0.05, 0) is 42.8 Å². The Labute approximate surface area is 171 Å². The quantitative estimate of drug-likeness (QED) is 0.521. The molecule has 2 heterocycles. The van der Waals surface area contributed by atoms with Crippen molar-refractivity contribution in [2.75, 3.05) is 12.4 Å². The van der Waals surface area contributed by atoms with E-state index in [4.69, 9.17) is 13.6 Å². The molecule has 0 fully saturated rings. The largest absolute Gasteiger partial charge is 0.495 e. The molecule has 154 valence electrons. The molecule has 0 aliphatic rings. The van der Waals surface area contributed by atoms with Crippen molar-refractivity contribution < 1.29 is 18.4 Å². The minimum atomic E-state index is -0.593. The lowest BCUT2D eigenvalue weighted by Crippen LogP contribution is -2.25. The number of oxazole rings is 1. The molecule has 4 aromatic rings. The Bertz CT molecular complexity index is 1280. The molecule has 2 aromatic heterocycles. The molecule has 9 nitrogen and oxygen atoms in total. The van der Waals surface area contributed by atoms with E-state index in [-0.39, 0.29) is 6.54 Å². The Morgan fingerprint density at radius 2 is 2.00 bits per heavy atom. The molecule has 1 N–H and O–H groups in total. The number of carbonyl (C=O) groups excluding carboxylic acids is 1. The summed E-state index contributed by atoms with van der Waals surface area (Å²) in [6.45, 7) is 3.61. The predicted molar refractivity (Wildman–Crippen MR) is 110 cm³/mol. The Kier molecular flexibility index (Phi) is 5.09. The molecule has 0 atom stereocenters.